The number of hydrogen-bond donors (Lipinski definition) is 0. The fraction of sp³-hybridized carbons (Fsp3) is 0.294. The van der Waals surface area contributed by atoms with Gasteiger partial charge in [-0.2, -0.15) is 0 Å². The van der Waals surface area contributed by atoms with E-state index in [9.17, 15) is 14.0 Å². The first-order chi connectivity index (χ1) is 12.5. The van der Waals surface area contributed by atoms with Crippen LogP contribution in [0.1, 0.15) is 12.8 Å². The molecular formula is C17H14ClFN4O2S. The van der Waals surface area contributed by atoms with Crippen LogP contribution in [0.25, 0.3) is 21.3 Å². The third-order valence-electron chi connectivity index (χ3n) is 4.44. The fourth-order valence-corrected chi connectivity index (χ4v) is 4.13. The Morgan fingerprint density at radius 3 is 2.81 bits per heavy atom. The molecule has 1 aliphatic heterocycles. The molecule has 1 fully saturated rings. The van der Waals surface area contributed by atoms with E-state index in [-0.39, 0.29) is 23.0 Å². The summed E-state index contributed by atoms with van der Waals surface area (Å²) >= 11 is 7.13. The summed E-state index contributed by atoms with van der Waals surface area (Å²) < 4.78 is 14.5. The van der Waals surface area contributed by atoms with Crippen LogP contribution in [0.2, 0.25) is 5.02 Å². The van der Waals surface area contributed by atoms with Gasteiger partial charge in [0.1, 0.15) is 12.4 Å². The Labute approximate surface area is 156 Å². The van der Waals surface area contributed by atoms with E-state index in [1.807, 2.05) is 0 Å². The third kappa shape index (κ3) is 2.99. The van der Waals surface area contributed by atoms with Crippen LogP contribution < -0.4 is 5.56 Å². The van der Waals surface area contributed by atoms with Crippen molar-refractivity contribution in [1.82, 2.24) is 19.9 Å². The number of amides is 1. The molecule has 3 aromatic rings. The molecule has 0 spiro atoms. The van der Waals surface area contributed by atoms with Crippen molar-refractivity contribution in [3.63, 3.8) is 0 Å². The standard InChI is InChI=1S/C17H14ClFN4O2S/c18-12-7-10(3-4-13(12)19)11-9-26-16-15(11)17(25)23(21-20-16)8-14(24)22-5-1-2-6-22/h3-4,7,9H,1-2,5-6,8H2. The average Bonchev–Trinajstić information content (AvgIpc) is 3.29. The normalized spacial score (nSPS) is 14.3. The van der Waals surface area contributed by atoms with E-state index in [1.54, 1.807) is 16.3 Å². The van der Waals surface area contributed by atoms with Crippen LogP contribution in [0.3, 0.4) is 0 Å². The van der Waals surface area contributed by atoms with Crippen LogP contribution in [0.5, 0.6) is 0 Å². The highest BCUT2D eigenvalue weighted by Gasteiger charge is 2.21. The van der Waals surface area contributed by atoms with Crippen molar-refractivity contribution in [1.29, 1.82) is 0 Å². The molecule has 1 saturated heterocycles. The number of benzene rings is 1. The lowest BCUT2D eigenvalue weighted by Crippen LogP contribution is -2.36. The lowest BCUT2D eigenvalue weighted by molar-refractivity contribution is -0.131. The number of carbonyl (C=O) groups is 1. The van der Waals surface area contributed by atoms with Gasteiger partial charge in [0, 0.05) is 24.0 Å². The van der Waals surface area contributed by atoms with E-state index in [0.717, 1.165) is 17.5 Å². The Hall–Kier alpha value is -2.32. The zero-order valence-corrected chi connectivity index (χ0v) is 15.2. The van der Waals surface area contributed by atoms with Gasteiger partial charge in [-0.05, 0) is 30.5 Å². The summed E-state index contributed by atoms with van der Waals surface area (Å²) in [4.78, 5) is 27.4. The summed E-state index contributed by atoms with van der Waals surface area (Å²) in [6, 6.07) is 4.28. The molecule has 1 aromatic carbocycles. The lowest BCUT2D eigenvalue weighted by Gasteiger charge is -2.15. The minimum Gasteiger partial charge on any atom is -0.341 e. The van der Waals surface area contributed by atoms with Crippen LogP contribution in [0.15, 0.2) is 28.4 Å². The van der Waals surface area contributed by atoms with Crippen molar-refractivity contribution in [2.45, 2.75) is 19.4 Å². The van der Waals surface area contributed by atoms with Gasteiger partial charge in [-0.1, -0.05) is 22.9 Å². The maximum absolute atomic E-state index is 13.4. The molecule has 134 valence electrons. The molecule has 26 heavy (non-hydrogen) atoms. The largest absolute Gasteiger partial charge is 0.341 e. The number of aromatic nitrogens is 3. The molecular weight excluding hydrogens is 379 g/mol. The van der Waals surface area contributed by atoms with E-state index in [1.165, 1.54) is 23.5 Å². The monoisotopic (exact) mass is 392 g/mol. The van der Waals surface area contributed by atoms with Crippen molar-refractivity contribution in [2.75, 3.05) is 13.1 Å². The van der Waals surface area contributed by atoms with Crippen LogP contribution >= 0.6 is 22.9 Å². The highest BCUT2D eigenvalue weighted by atomic mass is 35.5. The van der Waals surface area contributed by atoms with Crippen LogP contribution in [-0.4, -0.2) is 38.9 Å². The van der Waals surface area contributed by atoms with E-state index < -0.39 is 5.82 Å². The van der Waals surface area contributed by atoms with Crippen molar-refractivity contribution >= 4 is 39.1 Å². The predicted octanol–water partition coefficient (Wildman–Crippen LogP) is 2.93. The molecule has 0 bridgehead atoms. The topological polar surface area (TPSA) is 68.1 Å². The molecule has 2 aromatic heterocycles. The maximum Gasteiger partial charge on any atom is 0.279 e. The number of thiophene rings is 1. The van der Waals surface area contributed by atoms with E-state index in [0.29, 0.717) is 34.4 Å². The molecule has 6 nitrogen and oxygen atoms in total. The Morgan fingerprint density at radius 2 is 2.08 bits per heavy atom. The Kier molecular flexibility index (Phi) is 4.46. The van der Waals surface area contributed by atoms with Crippen LogP contribution in [-0.2, 0) is 11.3 Å². The molecule has 0 saturated carbocycles. The van der Waals surface area contributed by atoms with Gasteiger partial charge in [-0.15, -0.1) is 16.4 Å². The Bertz CT molecular complexity index is 1060. The summed E-state index contributed by atoms with van der Waals surface area (Å²) in [6.07, 6.45) is 1.96. The minimum absolute atomic E-state index is 0.0200. The van der Waals surface area contributed by atoms with E-state index >= 15 is 0 Å². The second-order valence-corrected chi connectivity index (χ2v) is 7.36. The summed E-state index contributed by atoms with van der Waals surface area (Å²) in [6.45, 7) is 1.28. The molecule has 3 heterocycles. The molecule has 1 amide bonds. The van der Waals surface area contributed by atoms with Crippen molar-refractivity contribution in [2.24, 2.45) is 0 Å². The van der Waals surface area contributed by atoms with Gasteiger partial charge in [0.2, 0.25) is 5.91 Å². The fourth-order valence-electron chi connectivity index (χ4n) is 3.07. The third-order valence-corrected chi connectivity index (χ3v) is 5.59. The number of hydrogen-bond acceptors (Lipinski definition) is 5. The Balaban J connectivity index is 1.75. The molecule has 0 unspecified atom stereocenters. The van der Waals surface area contributed by atoms with E-state index in [2.05, 4.69) is 10.3 Å². The van der Waals surface area contributed by atoms with Gasteiger partial charge in [-0.3, -0.25) is 9.59 Å². The smallest absolute Gasteiger partial charge is 0.279 e. The second kappa shape index (κ2) is 6.77. The SMILES string of the molecule is O=C(Cn1nnc2scc(-c3ccc(F)c(Cl)c3)c2c1=O)N1CCCC1. The van der Waals surface area contributed by atoms with Gasteiger partial charge in [0.25, 0.3) is 5.56 Å². The molecule has 0 atom stereocenters. The van der Waals surface area contributed by atoms with Gasteiger partial charge in [-0.25, -0.2) is 9.07 Å². The van der Waals surface area contributed by atoms with E-state index in [4.69, 9.17) is 11.6 Å². The summed E-state index contributed by atoms with van der Waals surface area (Å²) in [5.74, 6) is -0.664. The minimum atomic E-state index is -0.525. The number of rotatable bonds is 3. The first-order valence-electron chi connectivity index (χ1n) is 8.13. The number of likely N-dealkylation sites (tertiary alicyclic amines) is 1. The summed E-state index contributed by atoms with van der Waals surface area (Å²) in [5.41, 5.74) is 0.832. The van der Waals surface area contributed by atoms with Crippen LogP contribution in [0.4, 0.5) is 4.39 Å². The number of fused-ring (bicyclic) bond motifs is 1. The number of halogens is 2. The van der Waals surface area contributed by atoms with Crippen molar-refractivity contribution < 1.29 is 9.18 Å². The molecule has 0 aliphatic carbocycles. The Morgan fingerprint density at radius 1 is 1.31 bits per heavy atom. The highest BCUT2D eigenvalue weighted by molar-refractivity contribution is 7.17. The second-order valence-electron chi connectivity index (χ2n) is 6.10. The van der Waals surface area contributed by atoms with Gasteiger partial charge in [0.15, 0.2) is 4.83 Å². The molecule has 0 radical (unpaired) electrons. The van der Waals surface area contributed by atoms with Crippen molar-refractivity contribution in [3.8, 4) is 11.1 Å². The van der Waals surface area contributed by atoms with Crippen molar-refractivity contribution in [3.05, 3.63) is 44.8 Å². The lowest BCUT2D eigenvalue weighted by atomic mass is 10.1. The number of carbonyl (C=O) groups excluding carboxylic acids is 1. The van der Waals surface area contributed by atoms with Gasteiger partial charge < -0.3 is 4.90 Å². The average molecular weight is 393 g/mol. The van der Waals surface area contributed by atoms with Gasteiger partial charge in [0.05, 0.1) is 10.4 Å². The molecule has 9 heteroatoms. The summed E-state index contributed by atoms with van der Waals surface area (Å²) in [7, 11) is 0. The zero-order chi connectivity index (χ0) is 18.3. The first kappa shape index (κ1) is 17.1. The quantitative estimate of drug-likeness (QED) is 0.687. The maximum atomic E-state index is 13.4. The molecule has 1 aliphatic rings. The molecule has 0 N–H and O–H groups in total. The number of nitrogens with zero attached hydrogens (tertiary/aromatic N) is 4. The summed E-state index contributed by atoms with van der Waals surface area (Å²) in [5, 5.41) is 10.1. The first-order valence-corrected chi connectivity index (χ1v) is 9.38. The highest BCUT2D eigenvalue weighted by Crippen LogP contribution is 2.32. The van der Waals surface area contributed by atoms with Crippen LogP contribution in [0, 0.1) is 5.82 Å². The zero-order valence-electron chi connectivity index (χ0n) is 13.6. The van der Waals surface area contributed by atoms with Gasteiger partial charge >= 0.3 is 0 Å². The molecule has 4 rings (SSSR count). The predicted molar refractivity (Wildman–Crippen MR) is 97.9 cm³/mol.